The predicted octanol–water partition coefficient (Wildman–Crippen LogP) is 0.935. The first-order valence-corrected chi connectivity index (χ1v) is 6.42. The Morgan fingerprint density at radius 3 is 3.18 bits per heavy atom. The molecular formula is C11H14N4OS. The summed E-state index contributed by atoms with van der Waals surface area (Å²) in [6.45, 7) is 4.36. The molecule has 1 saturated heterocycles. The third-order valence-corrected chi connectivity index (χ3v) is 3.98. The number of fused-ring (bicyclic) bond motifs is 1. The normalized spacial score (nSPS) is 23.9. The van der Waals surface area contributed by atoms with Crippen LogP contribution in [0.4, 0.5) is 0 Å². The Balaban J connectivity index is 1.96. The largest absolute Gasteiger partial charge is 0.353 e. The highest BCUT2D eigenvalue weighted by Crippen LogP contribution is 2.25. The van der Waals surface area contributed by atoms with Gasteiger partial charge in [0.05, 0.1) is 17.3 Å². The van der Waals surface area contributed by atoms with Gasteiger partial charge >= 0.3 is 0 Å². The molecule has 0 bridgehead atoms. The van der Waals surface area contributed by atoms with E-state index in [4.69, 9.17) is 0 Å². The van der Waals surface area contributed by atoms with Crippen molar-refractivity contribution in [2.45, 2.75) is 25.4 Å². The summed E-state index contributed by atoms with van der Waals surface area (Å²) in [5.41, 5.74) is 0.462. The topological polar surface area (TPSA) is 58.4 Å². The van der Waals surface area contributed by atoms with Crippen molar-refractivity contribution in [2.24, 2.45) is 0 Å². The van der Waals surface area contributed by atoms with Gasteiger partial charge in [-0.05, 0) is 13.8 Å². The zero-order valence-corrected chi connectivity index (χ0v) is 10.5. The number of thiazole rings is 1. The van der Waals surface area contributed by atoms with Crippen molar-refractivity contribution in [3.8, 4) is 0 Å². The maximum Gasteiger partial charge on any atom is 0.239 e. The maximum atomic E-state index is 11.6. The smallest absolute Gasteiger partial charge is 0.239 e. The minimum absolute atomic E-state index is 0.0374. The Morgan fingerprint density at radius 2 is 2.41 bits per heavy atom. The molecule has 3 heterocycles. The lowest BCUT2D eigenvalue weighted by Gasteiger charge is -2.35. The Bertz CT molecular complexity index is 571. The lowest BCUT2D eigenvalue weighted by atomic mass is 9.98. The number of hydrogen-bond donors (Lipinski definition) is 2. The monoisotopic (exact) mass is 250 g/mol. The number of nitrogens with one attached hydrogen (secondary N) is 2. The number of carbonyl (C=O) groups excluding carboxylic acids is 1. The molecule has 17 heavy (non-hydrogen) atoms. The van der Waals surface area contributed by atoms with E-state index in [-0.39, 0.29) is 11.9 Å². The molecule has 0 aromatic carbocycles. The van der Waals surface area contributed by atoms with Gasteiger partial charge in [-0.2, -0.15) is 0 Å². The van der Waals surface area contributed by atoms with Gasteiger partial charge in [0.1, 0.15) is 11.2 Å². The van der Waals surface area contributed by atoms with E-state index in [1.54, 1.807) is 11.3 Å². The third kappa shape index (κ3) is 1.64. The second kappa shape index (κ2) is 3.54. The van der Waals surface area contributed by atoms with Gasteiger partial charge in [0, 0.05) is 18.1 Å². The molecule has 2 aromatic rings. The van der Waals surface area contributed by atoms with Crippen LogP contribution < -0.4 is 10.6 Å². The minimum atomic E-state index is -0.546. The van der Waals surface area contributed by atoms with Crippen molar-refractivity contribution < 1.29 is 4.79 Å². The van der Waals surface area contributed by atoms with E-state index in [2.05, 4.69) is 15.6 Å². The first-order valence-electron chi connectivity index (χ1n) is 5.54. The third-order valence-electron chi connectivity index (χ3n) is 3.08. The average molecular weight is 250 g/mol. The fraction of sp³-hybridized carbons (Fsp3) is 0.455. The van der Waals surface area contributed by atoms with E-state index in [0.717, 1.165) is 10.5 Å². The number of nitrogens with zero attached hydrogens (tertiary/aromatic N) is 2. The Kier molecular flexibility index (Phi) is 2.24. The van der Waals surface area contributed by atoms with Crippen molar-refractivity contribution in [2.75, 3.05) is 6.54 Å². The van der Waals surface area contributed by atoms with E-state index in [9.17, 15) is 4.79 Å². The number of rotatable bonds is 1. The number of piperazine rings is 1. The molecule has 5 nitrogen and oxygen atoms in total. The summed E-state index contributed by atoms with van der Waals surface area (Å²) in [5, 5.41) is 8.30. The van der Waals surface area contributed by atoms with E-state index in [0.29, 0.717) is 6.54 Å². The van der Waals surface area contributed by atoms with Crippen molar-refractivity contribution in [3.05, 3.63) is 23.6 Å². The van der Waals surface area contributed by atoms with Crippen molar-refractivity contribution >= 4 is 22.1 Å². The summed E-state index contributed by atoms with van der Waals surface area (Å²) in [5.74, 6) is 0.0374. The second-order valence-corrected chi connectivity index (χ2v) is 5.67. The summed E-state index contributed by atoms with van der Waals surface area (Å²) in [7, 11) is 0. The Morgan fingerprint density at radius 1 is 1.59 bits per heavy atom. The molecule has 90 valence electrons. The van der Waals surface area contributed by atoms with Crippen LogP contribution in [0.15, 0.2) is 17.9 Å². The van der Waals surface area contributed by atoms with Crippen LogP contribution in [0.3, 0.4) is 0 Å². The van der Waals surface area contributed by atoms with Crippen LogP contribution >= 0.6 is 11.3 Å². The average Bonchev–Trinajstić information content (AvgIpc) is 2.83. The van der Waals surface area contributed by atoms with Crippen molar-refractivity contribution in [3.63, 3.8) is 0 Å². The SMILES string of the molecule is CC1(C)NC(c2ncn3ccsc23)CNC1=O. The molecule has 1 aliphatic heterocycles. The van der Waals surface area contributed by atoms with Crippen LogP contribution in [0.2, 0.25) is 0 Å². The standard InChI is InChI=1S/C11H14N4OS/c1-11(2)10(16)12-5-7(14-11)8-9-15(6-13-8)3-4-17-9/h3-4,6-7,14H,5H2,1-2H3,(H,12,16). The summed E-state index contributed by atoms with van der Waals surface area (Å²) in [6.07, 6.45) is 3.80. The van der Waals surface area contributed by atoms with Gasteiger partial charge in [0.2, 0.25) is 5.91 Å². The number of carbonyl (C=O) groups is 1. The first-order chi connectivity index (χ1) is 8.08. The molecule has 1 fully saturated rings. The minimum Gasteiger partial charge on any atom is -0.353 e. The number of hydrogen-bond acceptors (Lipinski definition) is 4. The van der Waals surface area contributed by atoms with Crippen molar-refractivity contribution in [1.82, 2.24) is 20.0 Å². The Labute approximate surface area is 103 Å². The fourth-order valence-electron chi connectivity index (χ4n) is 2.12. The van der Waals surface area contributed by atoms with Crippen LogP contribution in [0.25, 0.3) is 4.83 Å². The van der Waals surface area contributed by atoms with Gasteiger partial charge in [0.25, 0.3) is 0 Å². The van der Waals surface area contributed by atoms with Gasteiger partial charge in [-0.3, -0.25) is 14.5 Å². The van der Waals surface area contributed by atoms with E-state index in [1.807, 2.05) is 36.2 Å². The van der Waals surface area contributed by atoms with Crippen LogP contribution in [0, 0.1) is 0 Å². The molecule has 2 aromatic heterocycles. The molecule has 0 aliphatic carbocycles. The van der Waals surface area contributed by atoms with Gasteiger partial charge in [-0.1, -0.05) is 0 Å². The molecular weight excluding hydrogens is 236 g/mol. The predicted molar refractivity (Wildman–Crippen MR) is 66.0 cm³/mol. The molecule has 2 N–H and O–H groups in total. The molecule has 6 heteroatoms. The molecule has 0 spiro atoms. The van der Waals surface area contributed by atoms with Gasteiger partial charge in [-0.25, -0.2) is 4.98 Å². The first kappa shape index (κ1) is 10.7. The van der Waals surface area contributed by atoms with Gasteiger partial charge < -0.3 is 5.32 Å². The van der Waals surface area contributed by atoms with E-state index >= 15 is 0 Å². The van der Waals surface area contributed by atoms with Crippen LogP contribution in [-0.2, 0) is 4.79 Å². The quantitative estimate of drug-likeness (QED) is 0.792. The lowest BCUT2D eigenvalue weighted by Crippen LogP contribution is -2.60. The second-order valence-electron chi connectivity index (χ2n) is 4.78. The van der Waals surface area contributed by atoms with Crippen LogP contribution in [0.1, 0.15) is 25.6 Å². The molecule has 1 atom stereocenters. The van der Waals surface area contributed by atoms with Crippen molar-refractivity contribution in [1.29, 1.82) is 0 Å². The molecule has 0 saturated carbocycles. The number of imidazole rings is 1. The molecule has 1 unspecified atom stereocenters. The molecule has 1 amide bonds. The molecule has 0 radical (unpaired) electrons. The van der Waals surface area contributed by atoms with Crippen LogP contribution in [0.5, 0.6) is 0 Å². The summed E-state index contributed by atoms with van der Waals surface area (Å²) in [4.78, 5) is 17.2. The Hall–Kier alpha value is -1.40. The highest BCUT2D eigenvalue weighted by Gasteiger charge is 2.36. The van der Waals surface area contributed by atoms with Gasteiger partial charge in [-0.15, -0.1) is 11.3 Å². The molecule has 3 rings (SSSR count). The van der Waals surface area contributed by atoms with E-state index < -0.39 is 5.54 Å². The summed E-state index contributed by atoms with van der Waals surface area (Å²) in [6, 6.07) is 0.0753. The zero-order valence-electron chi connectivity index (χ0n) is 9.73. The highest BCUT2D eigenvalue weighted by molar-refractivity contribution is 7.15. The van der Waals surface area contributed by atoms with Gasteiger partial charge in [0.15, 0.2) is 0 Å². The number of aromatic nitrogens is 2. The van der Waals surface area contributed by atoms with Crippen LogP contribution in [-0.4, -0.2) is 27.4 Å². The van der Waals surface area contributed by atoms with E-state index in [1.165, 1.54) is 0 Å². The number of amides is 1. The maximum absolute atomic E-state index is 11.6. The zero-order chi connectivity index (χ0) is 12.0. The summed E-state index contributed by atoms with van der Waals surface area (Å²) < 4.78 is 2.01. The summed E-state index contributed by atoms with van der Waals surface area (Å²) >= 11 is 1.66. The fourth-order valence-corrected chi connectivity index (χ4v) is 2.99. The lowest BCUT2D eigenvalue weighted by molar-refractivity contribution is -0.128. The highest BCUT2D eigenvalue weighted by atomic mass is 32.1. The molecule has 1 aliphatic rings.